The summed E-state index contributed by atoms with van der Waals surface area (Å²) >= 11 is 6.25. The molecule has 0 atom stereocenters. The molecule has 0 saturated heterocycles. The monoisotopic (exact) mass is 452 g/mol. The summed E-state index contributed by atoms with van der Waals surface area (Å²) in [4.78, 5) is 15.4. The third kappa shape index (κ3) is 4.38. The minimum absolute atomic E-state index is 0.127. The summed E-state index contributed by atoms with van der Waals surface area (Å²) < 4.78 is 7.18. The highest BCUT2D eigenvalue weighted by Crippen LogP contribution is 2.38. The van der Waals surface area contributed by atoms with Gasteiger partial charge in [-0.1, -0.05) is 31.5 Å². The predicted molar refractivity (Wildman–Crippen MR) is 128 cm³/mol. The number of amides is 1. The summed E-state index contributed by atoms with van der Waals surface area (Å²) in [7, 11) is 1.64. The number of carbonyl (C=O) groups is 1. The Labute approximate surface area is 194 Å². The molecule has 168 valence electrons. The number of ether oxygens (including phenoxy) is 1. The molecule has 32 heavy (non-hydrogen) atoms. The molecule has 1 N–H and O–H groups in total. The van der Waals surface area contributed by atoms with E-state index in [1.165, 1.54) is 5.56 Å². The van der Waals surface area contributed by atoms with Crippen LogP contribution in [-0.2, 0) is 12.8 Å². The second-order valence-corrected chi connectivity index (χ2v) is 8.31. The lowest BCUT2D eigenvalue weighted by Crippen LogP contribution is -2.35. The molecule has 1 heterocycles. The topological polar surface area (TPSA) is 59.4 Å². The second-order valence-electron chi connectivity index (χ2n) is 7.87. The van der Waals surface area contributed by atoms with Crippen LogP contribution in [0.4, 0.5) is 0 Å². The van der Waals surface area contributed by atoms with Gasteiger partial charge < -0.3 is 15.0 Å². The average Bonchev–Trinajstić information content (AvgIpc) is 3.21. The van der Waals surface area contributed by atoms with Crippen molar-refractivity contribution in [3.8, 4) is 22.7 Å². The van der Waals surface area contributed by atoms with Gasteiger partial charge in [0.25, 0.3) is 5.91 Å². The summed E-state index contributed by atoms with van der Waals surface area (Å²) in [6.45, 7) is 7.60. The Kier molecular flexibility index (Phi) is 6.82. The lowest BCUT2D eigenvalue weighted by atomic mass is 9.88. The zero-order valence-corrected chi connectivity index (χ0v) is 19.6. The molecule has 0 spiro atoms. The number of nitrogens with one attached hydrogen (secondary N) is 1. The number of halogens is 1. The lowest BCUT2D eigenvalue weighted by Gasteiger charge is -2.19. The fourth-order valence-electron chi connectivity index (χ4n) is 4.27. The molecule has 4 rings (SSSR count). The number of aryl methyl sites for hydroxylation is 1. The standard InChI is InChI=1S/C25H29ClN4O2/c1-4-29(5-2)15-14-27-25(31)23-22-12-6-17-16-18(26)7-13-21(17)24(22)30(28-23)19-8-10-20(32-3)11-9-19/h7-11,13,16H,4-6,12,14-15H2,1-3H3,(H,27,31). The highest BCUT2D eigenvalue weighted by Gasteiger charge is 2.29. The largest absolute Gasteiger partial charge is 0.497 e. The molecule has 1 amide bonds. The van der Waals surface area contributed by atoms with Crippen molar-refractivity contribution in [2.45, 2.75) is 26.7 Å². The van der Waals surface area contributed by atoms with Crippen LogP contribution in [0, 0.1) is 0 Å². The van der Waals surface area contributed by atoms with Gasteiger partial charge in [0.15, 0.2) is 5.69 Å². The summed E-state index contributed by atoms with van der Waals surface area (Å²) in [5.74, 6) is 0.648. The van der Waals surface area contributed by atoms with Crippen LogP contribution in [-0.4, -0.2) is 53.9 Å². The Bertz CT molecular complexity index is 1100. The number of likely N-dealkylation sites (N-methyl/N-ethyl adjacent to an activating group) is 1. The molecule has 1 aromatic heterocycles. The molecule has 1 aliphatic rings. The number of benzene rings is 2. The number of methoxy groups -OCH3 is 1. The van der Waals surface area contributed by atoms with Crippen molar-refractivity contribution in [1.29, 1.82) is 0 Å². The lowest BCUT2D eigenvalue weighted by molar-refractivity contribution is 0.0942. The zero-order valence-electron chi connectivity index (χ0n) is 18.8. The van der Waals surface area contributed by atoms with Gasteiger partial charge >= 0.3 is 0 Å². The van der Waals surface area contributed by atoms with Gasteiger partial charge in [-0.25, -0.2) is 4.68 Å². The van der Waals surface area contributed by atoms with Crippen molar-refractivity contribution in [3.63, 3.8) is 0 Å². The Morgan fingerprint density at radius 2 is 1.91 bits per heavy atom. The quantitative estimate of drug-likeness (QED) is 0.551. The molecule has 0 aliphatic heterocycles. The van der Waals surface area contributed by atoms with Gasteiger partial charge in [-0.05, 0) is 67.9 Å². The van der Waals surface area contributed by atoms with Crippen molar-refractivity contribution in [2.75, 3.05) is 33.3 Å². The molecule has 0 radical (unpaired) electrons. The van der Waals surface area contributed by atoms with Gasteiger partial charge in [-0.3, -0.25) is 4.79 Å². The van der Waals surface area contributed by atoms with Crippen molar-refractivity contribution in [3.05, 3.63) is 64.3 Å². The van der Waals surface area contributed by atoms with E-state index in [4.69, 9.17) is 21.4 Å². The number of hydrogen-bond acceptors (Lipinski definition) is 4. The first-order valence-electron chi connectivity index (χ1n) is 11.1. The van der Waals surface area contributed by atoms with E-state index >= 15 is 0 Å². The molecule has 0 bridgehead atoms. The zero-order chi connectivity index (χ0) is 22.7. The van der Waals surface area contributed by atoms with Crippen molar-refractivity contribution in [1.82, 2.24) is 20.0 Å². The first-order valence-corrected chi connectivity index (χ1v) is 11.5. The van der Waals surface area contributed by atoms with Crippen LogP contribution in [0.3, 0.4) is 0 Å². The number of aromatic nitrogens is 2. The molecule has 7 heteroatoms. The average molecular weight is 453 g/mol. The summed E-state index contributed by atoms with van der Waals surface area (Å²) in [6, 6.07) is 13.6. The van der Waals surface area contributed by atoms with Crippen LogP contribution in [0.25, 0.3) is 16.9 Å². The maximum atomic E-state index is 13.1. The molecule has 6 nitrogen and oxygen atoms in total. The van der Waals surface area contributed by atoms with E-state index in [0.29, 0.717) is 12.2 Å². The van der Waals surface area contributed by atoms with E-state index in [2.05, 4.69) is 24.1 Å². The van der Waals surface area contributed by atoms with Gasteiger partial charge in [-0.2, -0.15) is 5.10 Å². The van der Waals surface area contributed by atoms with Crippen LogP contribution in [0.1, 0.15) is 35.5 Å². The number of rotatable bonds is 8. The molecule has 3 aromatic rings. The molecule has 2 aromatic carbocycles. The predicted octanol–water partition coefficient (Wildman–Crippen LogP) is 4.37. The molecule has 1 aliphatic carbocycles. The maximum Gasteiger partial charge on any atom is 0.272 e. The highest BCUT2D eigenvalue weighted by atomic mass is 35.5. The Morgan fingerprint density at radius 3 is 2.59 bits per heavy atom. The molecular formula is C25H29ClN4O2. The fourth-order valence-corrected chi connectivity index (χ4v) is 4.46. The SMILES string of the molecule is CCN(CC)CCNC(=O)c1nn(-c2ccc(OC)cc2)c2c1CCc1cc(Cl)ccc1-2. The van der Waals surface area contributed by atoms with E-state index in [1.54, 1.807) is 7.11 Å². The second kappa shape index (κ2) is 9.76. The highest BCUT2D eigenvalue weighted by molar-refractivity contribution is 6.30. The summed E-state index contributed by atoms with van der Waals surface area (Å²) in [5, 5.41) is 8.58. The summed E-state index contributed by atoms with van der Waals surface area (Å²) in [5.41, 5.74) is 5.57. The molecule has 0 fully saturated rings. The van der Waals surface area contributed by atoms with Gasteiger partial charge in [-0.15, -0.1) is 0 Å². The van der Waals surface area contributed by atoms with Crippen molar-refractivity contribution < 1.29 is 9.53 Å². The van der Waals surface area contributed by atoms with E-state index in [0.717, 1.165) is 65.8 Å². The molecular weight excluding hydrogens is 424 g/mol. The summed E-state index contributed by atoms with van der Waals surface area (Å²) in [6.07, 6.45) is 1.58. The first-order chi connectivity index (χ1) is 15.5. The van der Waals surface area contributed by atoms with Gasteiger partial charge in [0, 0.05) is 29.2 Å². The van der Waals surface area contributed by atoms with Crippen LogP contribution in [0.5, 0.6) is 5.75 Å². The Balaban J connectivity index is 1.73. The van der Waals surface area contributed by atoms with Gasteiger partial charge in [0.2, 0.25) is 0 Å². The van der Waals surface area contributed by atoms with E-state index in [-0.39, 0.29) is 5.91 Å². The van der Waals surface area contributed by atoms with Crippen molar-refractivity contribution >= 4 is 17.5 Å². The number of hydrogen-bond donors (Lipinski definition) is 1. The van der Waals surface area contributed by atoms with Gasteiger partial charge in [0.05, 0.1) is 18.5 Å². The number of nitrogens with zero attached hydrogens (tertiary/aromatic N) is 3. The van der Waals surface area contributed by atoms with Gasteiger partial charge in [0.1, 0.15) is 5.75 Å². The van der Waals surface area contributed by atoms with Crippen molar-refractivity contribution in [2.24, 2.45) is 0 Å². The van der Waals surface area contributed by atoms with Crippen LogP contribution in [0.2, 0.25) is 5.02 Å². The number of carbonyl (C=O) groups excluding carboxylic acids is 1. The number of fused-ring (bicyclic) bond motifs is 3. The molecule has 0 saturated carbocycles. The minimum Gasteiger partial charge on any atom is -0.497 e. The maximum absolute atomic E-state index is 13.1. The Morgan fingerprint density at radius 1 is 1.16 bits per heavy atom. The van der Waals surface area contributed by atoms with E-state index < -0.39 is 0 Å². The molecule has 0 unspecified atom stereocenters. The normalized spacial score (nSPS) is 12.4. The third-order valence-corrected chi connectivity index (χ3v) is 6.33. The van der Waals surface area contributed by atoms with Crippen LogP contribution in [0.15, 0.2) is 42.5 Å². The first kappa shape index (κ1) is 22.4. The Hall–Kier alpha value is -2.83. The van der Waals surface area contributed by atoms with E-state index in [1.807, 2.05) is 47.1 Å². The smallest absolute Gasteiger partial charge is 0.272 e. The minimum atomic E-state index is -0.127. The fraction of sp³-hybridized carbons (Fsp3) is 0.360. The van der Waals surface area contributed by atoms with E-state index in [9.17, 15) is 4.79 Å². The van der Waals surface area contributed by atoms with Crippen LogP contribution >= 0.6 is 11.6 Å². The van der Waals surface area contributed by atoms with Crippen LogP contribution < -0.4 is 10.1 Å². The third-order valence-electron chi connectivity index (χ3n) is 6.09.